The molecule has 1 saturated carbocycles. The highest BCUT2D eigenvalue weighted by Crippen LogP contribution is 2.43. The Labute approximate surface area is 163 Å². The second-order valence-corrected chi connectivity index (χ2v) is 8.01. The van der Waals surface area contributed by atoms with Crippen LogP contribution in [0.1, 0.15) is 89.5 Å². The van der Waals surface area contributed by atoms with E-state index in [0.29, 0.717) is 24.5 Å². The summed E-state index contributed by atoms with van der Waals surface area (Å²) < 4.78 is 5.97. The van der Waals surface area contributed by atoms with E-state index in [1.54, 1.807) is 6.07 Å². The highest BCUT2D eigenvalue weighted by atomic mass is 16.5. The Hall–Kier alpha value is -1.55. The van der Waals surface area contributed by atoms with Crippen LogP contribution in [0.5, 0.6) is 11.5 Å². The summed E-state index contributed by atoms with van der Waals surface area (Å²) in [5.41, 5.74) is 0.842. The molecule has 1 aliphatic carbocycles. The lowest BCUT2D eigenvalue weighted by Crippen LogP contribution is -2.24. The summed E-state index contributed by atoms with van der Waals surface area (Å²) in [7, 11) is 0. The van der Waals surface area contributed by atoms with Gasteiger partial charge in [0.2, 0.25) is 0 Å². The third kappa shape index (κ3) is 6.84. The summed E-state index contributed by atoms with van der Waals surface area (Å²) in [5.74, 6) is 1.55. The average molecular weight is 377 g/mol. The van der Waals surface area contributed by atoms with Crippen molar-refractivity contribution >= 4 is 5.78 Å². The number of carbonyl (C=O) groups is 1. The van der Waals surface area contributed by atoms with E-state index >= 15 is 0 Å². The maximum atomic E-state index is 12.0. The van der Waals surface area contributed by atoms with E-state index in [9.17, 15) is 9.90 Å². The second-order valence-electron chi connectivity index (χ2n) is 8.01. The van der Waals surface area contributed by atoms with Crippen LogP contribution in [0.15, 0.2) is 18.2 Å². The quantitative estimate of drug-likeness (QED) is 0.511. The molecule has 0 aromatic heterocycles. The van der Waals surface area contributed by atoms with Crippen molar-refractivity contribution < 1.29 is 19.7 Å². The van der Waals surface area contributed by atoms with Gasteiger partial charge in [0, 0.05) is 25.5 Å². The Kier molecular flexibility index (Phi) is 9.12. The molecule has 0 amide bonds. The fraction of sp³-hybridized carbons (Fsp3) is 0.696. The maximum absolute atomic E-state index is 12.0. The van der Waals surface area contributed by atoms with E-state index in [0.717, 1.165) is 37.7 Å². The number of aromatic hydroxyl groups is 1. The zero-order valence-corrected chi connectivity index (χ0v) is 17.0. The molecular weight excluding hydrogens is 340 g/mol. The molecule has 1 aromatic rings. The van der Waals surface area contributed by atoms with Gasteiger partial charge in [0.05, 0.1) is 6.10 Å². The topological polar surface area (TPSA) is 66.8 Å². The molecular formula is C23H36O4. The van der Waals surface area contributed by atoms with Crippen molar-refractivity contribution in [2.24, 2.45) is 5.92 Å². The molecule has 0 radical (unpaired) electrons. The first kappa shape index (κ1) is 21.7. The first-order valence-corrected chi connectivity index (χ1v) is 10.7. The monoisotopic (exact) mass is 376 g/mol. The normalized spacial score (nSPS) is 21.2. The molecule has 0 heterocycles. The standard InChI is InChI=1S/C23H36O4/c1-3-4-5-6-8-17(2)27-20-12-13-21(23(26)16-20)22-15-19(25)11-10-18(22)9-7-14-24/h12-13,16-18,22,24,26H,3-11,14-15H2,1-2H3. The van der Waals surface area contributed by atoms with E-state index in [1.165, 1.54) is 19.3 Å². The maximum Gasteiger partial charge on any atom is 0.133 e. The van der Waals surface area contributed by atoms with Gasteiger partial charge in [-0.25, -0.2) is 0 Å². The van der Waals surface area contributed by atoms with Gasteiger partial charge < -0.3 is 14.9 Å². The number of hydrogen-bond donors (Lipinski definition) is 2. The molecule has 3 unspecified atom stereocenters. The number of hydrogen-bond acceptors (Lipinski definition) is 4. The van der Waals surface area contributed by atoms with Crippen molar-refractivity contribution in [2.45, 2.75) is 90.1 Å². The van der Waals surface area contributed by atoms with Crippen LogP contribution >= 0.6 is 0 Å². The zero-order valence-electron chi connectivity index (χ0n) is 17.0. The Morgan fingerprint density at radius 3 is 2.74 bits per heavy atom. The molecule has 27 heavy (non-hydrogen) atoms. The number of phenolic OH excluding ortho intramolecular Hbond substituents is 1. The average Bonchev–Trinajstić information content (AvgIpc) is 2.64. The number of benzene rings is 1. The van der Waals surface area contributed by atoms with Crippen LogP contribution < -0.4 is 4.74 Å². The van der Waals surface area contributed by atoms with Crippen LogP contribution in [0.25, 0.3) is 0 Å². The number of ether oxygens (including phenoxy) is 1. The Bertz CT molecular complexity index is 584. The first-order chi connectivity index (χ1) is 13.0. The van der Waals surface area contributed by atoms with Crippen LogP contribution in [-0.4, -0.2) is 28.7 Å². The summed E-state index contributed by atoms with van der Waals surface area (Å²) >= 11 is 0. The number of rotatable bonds is 11. The molecule has 1 aromatic carbocycles. The van der Waals surface area contributed by atoms with Crippen molar-refractivity contribution in [1.82, 2.24) is 0 Å². The van der Waals surface area contributed by atoms with Gasteiger partial charge in [-0.3, -0.25) is 4.79 Å². The number of unbranched alkanes of at least 4 members (excludes halogenated alkanes) is 3. The predicted octanol–water partition coefficient (Wildman–Crippen LogP) is 5.36. The number of Topliss-reactive ketones (excluding diaryl/α,β-unsaturated/α-hetero) is 1. The van der Waals surface area contributed by atoms with E-state index in [1.807, 2.05) is 12.1 Å². The summed E-state index contributed by atoms with van der Waals surface area (Å²) in [6, 6.07) is 5.53. The van der Waals surface area contributed by atoms with Crippen LogP contribution in [0.4, 0.5) is 0 Å². The highest BCUT2D eigenvalue weighted by molar-refractivity contribution is 5.80. The van der Waals surface area contributed by atoms with Gasteiger partial charge in [-0.15, -0.1) is 0 Å². The van der Waals surface area contributed by atoms with Gasteiger partial charge in [0.1, 0.15) is 17.3 Å². The third-order valence-electron chi connectivity index (χ3n) is 5.75. The second kappa shape index (κ2) is 11.3. The Morgan fingerprint density at radius 1 is 1.22 bits per heavy atom. The summed E-state index contributed by atoms with van der Waals surface area (Å²) in [6.45, 7) is 4.45. The first-order valence-electron chi connectivity index (χ1n) is 10.7. The van der Waals surface area contributed by atoms with Gasteiger partial charge in [0.15, 0.2) is 0 Å². The van der Waals surface area contributed by atoms with Gasteiger partial charge in [-0.05, 0) is 62.5 Å². The fourth-order valence-corrected chi connectivity index (χ4v) is 4.18. The van der Waals surface area contributed by atoms with Crippen LogP contribution in [-0.2, 0) is 4.79 Å². The van der Waals surface area contributed by atoms with Gasteiger partial charge in [-0.1, -0.05) is 32.3 Å². The molecule has 0 saturated heterocycles. The van der Waals surface area contributed by atoms with E-state index in [4.69, 9.17) is 9.84 Å². The molecule has 152 valence electrons. The fourth-order valence-electron chi connectivity index (χ4n) is 4.18. The smallest absolute Gasteiger partial charge is 0.133 e. The minimum absolute atomic E-state index is 0.0401. The van der Waals surface area contributed by atoms with Crippen molar-refractivity contribution in [2.75, 3.05) is 6.61 Å². The lowest BCUT2D eigenvalue weighted by molar-refractivity contribution is -0.121. The highest BCUT2D eigenvalue weighted by Gasteiger charge is 2.31. The number of phenols is 1. The van der Waals surface area contributed by atoms with Gasteiger partial charge in [-0.2, -0.15) is 0 Å². The van der Waals surface area contributed by atoms with E-state index in [2.05, 4.69) is 13.8 Å². The van der Waals surface area contributed by atoms with Crippen molar-refractivity contribution in [3.05, 3.63) is 23.8 Å². The van der Waals surface area contributed by atoms with E-state index < -0.39 is 0 Å². The molecule has 3 atom stereocenters. The zero-order chi connectivity index (χ0) is 19.6. The summed E-state index contributed by atoms with van der Waals surface area (Å²) in [6.07, 6.45) is 9.61. The molecule has 0 bridgehead atoms. The van der Waals surface area contributed by atoms with Gasteiger partial charge >= 0.3 is 0 Å². The SMILES string of the molecule is CCCCCCC(C)Oc1ccc(C2CC(=O)CCC2CCCO)c(O)c1. The molecule has 2 N–H and O–H groups in total. The van der Waals surface area contributed by atoms with Gasteiger partial charge in [0.25, 0.3) is 0 Å². The van der Waals surface area contributed by atoms with Crippen molar-refractivity contribution in [3.8, 4) is 11.5 Å². The number of aliphatic hydroxyl groups excluding tert-OH is 1. The molecule has 1 fully saturated rings. The minimum atomic E-state index is 0.0401. The molecule has 4 heteroatoms. The number of carbonyl (C=O) groups excluding carboxylic acids is 1. The molecule has 2 rings (SSSR count). The number of ketones is 1. The largest absolute Gasteiger partial charge is 0.508 e. The van der Waals surface area contributed by atoms with Crippen LogP contribution in [0.3, 0.4) is 0 Å². The summed E-state index contributed by atoms with van der Waals surface area (Å²) in [4.78, 5) is 12.0. The molecule has 1 aliphatic rings. The molecule has 0 spiro atoms. The predicted molar refractivity (Wildman–Crippen MR) is 108 cm³/mol. The Morgan fingerprint density at radius 2 is 2.04 bits per heavy atom. The van der Waals surface area contributed by atoms with Crippen LogP contribution in [0.2, 0.25) is 0 Å². The molecule has 0 aliphatic heterocycles. The summed E-state index contributed by atoms with van der Waals surface area (Å²) in [5, 5.41) is 19.7. The minimum Gasteiger partial charge on any atom is -0.508 e. The van der Waals surface area contributed by atoms with E-state index in [-0.39, 0.29) is 30.2 Å². The lowest BCUT2D eigenvalue weighted by atomic mass is 9.73. The van der Waals surface area contributed by atoms with Crippen molar-refractivity contribution in [3.63, 3.8) is 0 Å². The third-order valence-corrected chi connectivity index (χ3v) is 5.75. The Balaban J connectivity index is 2.00. The molecule has 4 nitrogen and oxygen atoms in total. The lowest BCUT2D eigenvalue weighted by Gasteiger charge is -2.31. The number of aliphatic hydroxyl groups is 1. The van der Waals surface area contributed by atoms with Crippen LogP contribution in [0, 0.1) is 5.92 Å². The van der Waals surface area contributed by atoms with Crippen molar-refractivity contribution in [1.29, 1.82) is 0 Å².